The van der Waals surface area contributed by atoms with Crippen molar-refractivity contribution < 1.29 is 0 Å². The molecule has 0 spiro atoms. The van der Waals surface area contributed by atoms with Crippen LogP contribution in [0.5, 0.6) is 0 Å². The van der Waals surface area contributed by atoms with E-state index in [1.54, 1.807) is 15.7 Å². The van der Waals surface area contributed by atoms with Crippen LogP contribution in [-0.2, 0) is 0 Å². The summed E-state index contributed by atoms with van der Waals surface area (Å²) in [5, 5.41) is 4.94. The summed E-state index contributed by atoms with van der Waals surface area (Å²) in [5.41, 5.74) is 0. The minimum absolute atomic E-state index is 0.0695. The number of hydrogen-bond acceptors (Lipinski definition) is 0. The third-order valence-corrected chi connectivity index (χ3v) is 14.7. The third-order valence-electron chi connectivity index (χ3n) is 6.57. The van der Waals surface area contributed by atoms with Crippen LogP contribution in [0.4, 0.5) is 0 Å². The topological polar surface area (TPSA) is 0 Å². The monoisotopic (exact) mass is 372 g/mol. The SMILES string of the molecule is c1ccc(P2C[C@H]3C[Si](c4ccccc4)(c4ccccc4)C[C@@H]3C2)cc1. The van der Waals surface area contributed by atoms with E-state index in [9.17, 15) is 0 Å². The van der Waals surface area contributed by atoms with E-state index in [0.29, 0.717) is 0 Å². The van der Waals surface area contributed by atoms with Crippen LogP contribution in [0, 0.1) is 11.8 Å². The summed E-state index contributed by atoms with van der Waals surface area (Å²) in [7, 11) is -1.53. The van der Waals surface area contributed by atoms with Gasteiger partial charge in [0.1, 0.15) is 8.07 Å². The van der Waals surface area contributed by atoms with Gasteiger partial charge in [-0.2, -0.15) is 0 Å². The molecule has 2 aliphatic heterocycles. The largest absolute Gasteiger partial charge is 0.118 e. The van der Waals surface area contributed by atoms with Crippen molar-refractivity contribution in [3.63, 3.8) is 0 Å². The maximum absolute atomic E-state index is 2.42. The summed E-state index contributed by atoms with van der Waals surface area (Å²) < 4.78 is 0. The Labute approximate surface area is 159 Å². The molecule has 0 aromatic heterocycles. The second kappa shape index (κ2) is 6.80. The van der Waals surface area contributed by atoms with Crippen molar-refractivity contribution in [2.75, 3.05) is 12.3 Å². The third kappa shape index (κ3) is 2.78. The molecule has 0 bridgehead atoms. The van der Waals surface area contributed by atoms with Crippen LogP contribution < -0.4 is 15.7 Å². The van der Waals surface area contributed by atoms with Crippen molar-refractivity contribution in [3.05, 3.63) is 91.0 Å². The summed E-state index contributed by atoms with van der Waals surface area (Å²) in [5.74, 6) is 1.88. The predicted octanol–water partition coefficient (Wildman–Crippen LogP) is 4.32. The molecule has 0 N–H and O–H groups in total. The first-order valence-electron chi connectivity index (χ1n) is 9.76. The highest BCUT2D eigenvalue weighted by atomic mass is 31.1. The van der Waals surface area contributed by atoms with E-state index >= 15 is 0 Å². The van der Waals surface area contributed by atoms with Crippen LogP contribution in [-0.4, -0.2) is 20.4 Å². The Morgan fingerprint density at radius 3 is 1.46 bits per heavy atom. The van der Waals surface area contributed by atoms with Gasteiger partial charge in [-0.15, -0.1) is 0 Å². The van der Waals surface area contributed by atoms with Crippen LogP contribution in [0.1, 0.15) is 0 Å². The number of rotatable bonds is 3. The van der Waals surface area contributed by atoms with Gasteiger partial charge in [0.25, 0.3) is 0 Å². The molecular weight excluding hydrogens is 347 g/mol. The molecule has 26 heavy (non-hydrogen) atoms. The van der Waals surface area contributed by atoms with E-state index in [1.165, 1.54) is 24.4 Å². The normalized spacial score (nSPS) is 24.5. The average Bonchev–Trinajstić information content (AvgIpc) is 3.27. The molecule has 5 rings (SSSR count). The van der Waals surface area contributed by atoms with Gasteiger partial charge < -0.3 is 0 Å². The van der Waals surface area contributed by atoms with Gasteiger partial charge in [-0.3, -0.25) is 0 Å². The second-order valence-corrected chi connectivity index (χ2v) is 14.4. The molecule has 2 heteroatoms. The maximum atomic E-state index is 2.42. The van der Waals surface area contributed by atoms with Crippen molar-refractivity contribution in [1.29, 1.82) is 0 Å². The Bertz CT molecular complexity index is 807. The van der Waals surface area contributed by atoms with Crippen molar-refractivity contribution in [2.24, 2.45) is 11.8 Å². The molecule has 0 amide bonds. The Morgan fingerprint density at radius 2 is 1.00 bits per heavy atom. The first-order chi connectivity index (χ1) is 12.9. The summed E-state index contributed by atoms with van der Waals surface area (Å²) in [4.78, 5) is 0. The predicted molar refractivity (Wildman–Crippen MR) is 117 cm³/mol. The molecular formula is C24H25PSi. The average molecular weight is 373 g/mol. The van der Waals surface area contributed by atoms with Gasteiger partial charge in [0, 0.05) is 0 Å². The van der Waals surface area contributed by atoms with Crippen molar-refractivity contribution in [3.8, 4) is 0 Å². The molecule has 0 aliphatic carbocycles. The van der Waals surface area contributed by atoms with Gasteiger partial charge in [-0.05, 0) is 41.6 Å². The smallest absolute Gasteiger partial charge is 0.0748 e. The Morgan fingerprint density at radius 1 is 0.577 bits per heavy atom. The van der Waals surface area contributed by atoms with Gasteiger partial charge in [-0.25, -0.2) is 0 Å². The van der Waals surface area contributed by atoms with Crippen molar-refractivity contribution in [2.45, 2.75) is 12.1 Å². The molecule has 3 aromatic carbocycles. The molecule has 3 aromatic rings. The fraction of sp³-hybridized carbons (Fsp3) is 0.250. The van der Waals surface area contributed by atoms with Gasteiger partial charge in [0.2, 0.25) is 0 Å². The lowest BCUT2D eigenvalue weighted by Gasteiger charge is -2.30. The molecule has 2 fully saturated rings. The first-order valence-corrected chi connectivity index (χ1v) is 13.9. The molecule has 0 saturated carbocycles. The van der Waals surface area contributed by atoms with E-state index in [2.05, 4.69) is 91.0 Å². The lowest BCUT2D eigenvalue weighted by Crippen LogP contribution is -2.56. The lowest BCUT2D eigenvalue weighted by molar-refractivity contribution is 0.525. The van der Waals surface area contributed by atoms with Gasteiger partial charge >= 0.3 is 0 Å². The number of benzene rings is 3. The van der Waals surface area contributed by atoms with Crippen LogP contribution in [0.15, 0.2) is 91.0 Å². The number of fused-ring (bicyclic) bond motifs is 1. The van der Waals surface area contributed by atoms with Crippen LogP contribution in [0.3, 0.4) is 0 Å². The Balaban J connectivity index is 1.48. The molecule has 0 unspecified atom stereocenters. The van der Waals surface area contributed by atoms with E-state index < -0.39 is 8.07 Å². The molecule has 0 nitrogen and oxygen atoms in total. The summed E-state index contributed by atoms with van der Waals surface area (Å²) >= 11 is 0. The van der Waals surface area contributed by atoms with E-state index in [1.807, 2.05) is 0 Å². The van der Waals surface area contributed by atoms with Crippen LogP contribution >= 0.6 is 7.92 Å². The van der Waals surface area contributed by atoms with Crippen LogP contribution in [0.2, 0.25) is 12.1 Å². The summed E-state index contributed by atoms with van der Waals surface area (Å²) in [6.07, 6.45) is 2.91. The minimum Gasteiger partial charge on any atom is -0.0748 e. The minimum atomic E-state index is -1.60. The summed E-state index contributed by atoms with van der Waals surface area (Å²) in [6.45, 7) is 0. The zero-order valence-electron chi connectivity index (χ0n) is 15.1. The summed E-state index contributed by atoms with van der Waals surface area (Å²) in [6, 6.07) is 37.2. The van der Waals surface area contributed by atoms with E-state index in [0.717, 1.165) is 11.8 Å². The van der Waals surface area contributed by atoms with E-state index in [4.69, 9.17) is 0 Å². The maximum Gasteiger partial charge on any atom is 0.118 e. The first kappa shape index (κ1) is 16.5. The molecule has 130 valence electrons. The molecule has 2 atom stereocenters. The van der Waals surface area contributed by atoms with E-state index in [-0.39, 0.29) is 7.92 Å². The quantitative estimate of drug-likeness (QED) is 0.475. The Hall–Kier alpha value is -1.69. The molecule has 2 aliphatic rings. The lowest BCUT2D eigenvalue weighted by atomic mass is 10.0. The van der Waals surface area contributed by atoms with Gasteiger partial charge in [-0.1, -0.05) is 109 Å². The molecule has 2 saturated heterocycles. The molecule has 2 heterocycles. The molecule has 0 radical (unpaired) electrons. The number of hydrogen-bond donors (Lipinski definition) is 0. The zero-order chi connectivity index (χ0) is 17.4. The van der Waals surface area contributed by atoms with Crippen LogP contribution in [0.25, 0.3) is 0 Å². The highest BCUT2D eigenvalue weighted by Crippen LogP contribution is 2.56. The zero-order valence-corrected chi connectivity index (χ0v) is 17.0. The standard InChI is InChI=1S/C24H25PSi/c1-4-10-22(11-5-1)25-16-20-18-26(19-21(20)17-25,23-12-6-2-7-13-23)24-14-8-3-9-15-24/h1-15,20-21H,16-19H2/t20-,21-/m0/s1. The van der Waals surface area contributed by atoms with Gasteiger partial charge in [0.05, 0.1) is 0 Å². The van der Waals surface area contributed by atoms with Crippen molar-refractivity contribution in [1.82, 2.24) is 0 Å². The van der Waals surface area contributed by atoms with Gasteiger partial charge in [0.15, 0.2) is 0 Å². The van der Waals surface area contributed by atoms with Crippen molar-refractivity contribution >= 4 is 31.7 Å². The fourth-order valence-electron chi connectivity index (χ4n) is 5.38. The Kier molecular flexibility index (Phi) is 4.31. The highest BCUT2D eigenvalue weighted by Gasteiger charge is 2.52. The highest BCUT2D eigenvalue weighted by molar-refractivity contribution is 7.66. The second-order valence-electron chi connectivity index (χ2n) is 7.98. The fourth-order valence-corrected chi connectivity index (χ4v) is 14.9.